The van der Waals surface area contributed by atoms with Crippen molar-refractivity contribution in [3.05, 3.63) is 63.7 Å². The molecule has 1 saturated heterocycles. The fourth-order valence-electron chi connectivity index (χ4n) is 3.97. The van der Waals surface area contributed by atoms with Crippen molar-refractivity contribution in [3.63, 3.8) is 0 Å². The molecule has 0 aliphatic carbocycles. The molecule has 158 valence electrons. The highest BCUT2D eigenvalue weighted by Crippen LogP contribution is 2.27. The van der Waals surface area contributed by atoms with E-state index in [1.54, 1.807) is 6.07 Å². The molecule has 0 atom stereocenters. The summed E-state index contributed by atoms with van der Waals surface area (Å²) in [6, 6.07) is 5.82. The number of hydrogen-bond acceptors (Lipinski definition) is 3. The minimum absolute atomic E-state index is 0.138. The molecule has 1 fully saturated rings. The van der Waals surface area contributed by atoms with E-state index in [-0.39, 0.29) is 6.04 Å². The summed E-state index contributed by atoms with van der Waals surface area (Å²) >= 11 is 0. The lowest BCUT2D eigenvalue weighted by molar-refractivity contribution is 0.199. The molecule has 0 spiro atoms. The summed E-state index contributed by atoms with van der Waals surface area (Å²) in [4.78, 5) is 2.52. The second-order valence-electron chi connectivity index (χ2n) is 8.01. The Morgan fingerprint density at radius 3 is 2.10 bits per heavy atom. The number of sulfonamides is 1. The Morgan fingerprint density at radius 1 is 0.966 bits per heavy atom. The summed E-state index contributed by atoms with van der Waals surface area (Å²) in [5, 5.41) is 0. The van der Waals surface area contributed by atoms with E-state index >= 15 is 0 Å². The number of piperidine rings is 1. The van der Waals surface area contributed by atoms with Crippen LogP contribution in [0.25, 0.3) is 0 Å². The summed E-state index contributed by atoms with van der Waals surface area (Å²) in [6.07, 6.45) is 1.34. The molecule has 0 radical (unpaired) electrons. The molecule has 1 N–H and O–H groups in total. The molecule has 2 aromatic carbocycles. The first kappa shape index (κ1) is 21.9. The summed E-state index contributed by atoms with van der Waals surface area (Å²) in [5.74, 6) is -1.69. The van der Waals surface area contributed by atoms with Crippen LogP contribution in [0.5, 0.6) is 0 Å². The van der Waals surface area contributed by atoms with Gasteiger partial charge in [-0.2, -0.15) is 0 Å². The molecule has 0 unspecified atom stereocenters. The van der Waals surface area contributed by atoms with E-state index in [1.807, 2.05) is 33.8 Å². The summed E-state index contributed by atoms with van der Waals surface area (Å²) in [6.45, 7) is 9.45. The van der Waals surface area contributed by atoms with Crippen LogP contribution in [0.1, 0.15) is 40.7 Å². The Balaban J connectivity index is 1.65. The van der Waals surface area contributed by atoms with Crippen LogP contribution in [0.2, 0.25) is 0 Å². The van der Waals surface area contributed by atoms with Gasteiger partial charge in [0.2, 0.25) is 10.0 Å². The van der Waals surface area contributed by atoms with Crippen LogP contribution in [0.15, 0.2) is 29.2 Å². The van der Waals surface area contributed by atoms with Gasteiger partial charge in [0.05, 0.1) is 4.90 Å². The number of benzene rings is 2. The zero-order valence-electron chi connectivity index (χ0n) is 17.4. The Labute approximate surface area is 172 Å². The molecular formula is C22H28F2N2O2S. The van der Waals surface area contributed by atoms with Crippen LogP contribution in [0.4, 0.5) is 8.78 Å². The highest BCUT2D eigenvalue weighted by atomic mass is 32.2. The zero-order chi connectivity index (χ0) is 21.3. The molecule has 0 amide bonds. The third kappa shape index (κ3) is 4.85. The number of nitrogens with one attached hydrogen (secondary N) is 1. The monoisotopic (exact) mass is 422 g/mol. The van der Waals surface area contributed by atoms with Crippen molar-refractivity contribution in [2.24, 2.45) is 0 Å². The van der Waals surface area contributed by atoms with Crippen LogP contribution in [0.3, 0.4) is 0 Å². The normalized spacial score (nSPS) is 16.3. The molecule has 4 nitrogen and oxygen atoms in total. The second-order valence-corrected chi connectivity index (χ2v) is 9.66. The SMILES string of the molecule is Cc1cc(C)c(C)c(S(=O)(=O)NC2CCN(Cc3ccc(F)c(F)c3)CC2)c1C. The first-order chi connectivity index (χ1) is 13.6. The molecule has 0 saturated carbocycles. The highest BCUT2D eigenvalue weighted by molar-refractivity contribution is 7.89. The molecule has 0 bridgehead atoms. The van der Waals surface area contributed by atoms with Gasteiger partial charge in [0.25, 0.3) is 0 Å². The predicted octanol–water partition coefficient (Wildman–Crippen LogP) is 4.14. The van der Waals surface area contributed by atoms with Crippen LogP contribution in [-0.4, -0.2) is 32.4 Å². The fraction of sp³-hybridized carbons (Fsp3) is 0.455. The Kier molecular flexibility index (Phi) is 6.41. The van der Waals surface area contributed by atoms with Crippen LogP contribution in [-0.2, 0) is 16.6 Å². The van der Waals surface area contributed by atoms with Crippen molar-refractivity contribution in [2.45, 2.75) is 58.0 Å². The van der Waals surface area contributed by atoms with E-state index < -0.39 is 21.7 Å². The number of hydrogen-bond donors (Lipinski definition) is 1. The third-order valence-corrected chi connectivity index (χ3v) is 7.66. The van der Waals surface area contributed by atoms with Gasteiger partial charge in [-0.3, -0.25) is 4.90 Å². The summed E-state index contributed by atoms with van der Waals surface area (Å²) in [5.41, 5.74) is 4.22. The van der Waals surface area contributed by atoms with Gasteiger partial charge in [0, 0.05) is 25.7 Å². The molecule has 0 aromatic heterocycles. The number of rotatable bonds is 5. The quantitative estimate of drug-likeness (QED) is 0.788. The molecule has 7 heteroatoms. The van der Waals surface area contributed by atoms with Gasteiger partial charge in [-0.25, -0.2) is 21.9 Å². The molecule has 3 rings (SSSR count). The van der Waals surface area contributed by atoms with E-state index in [1.165, 1.54) is 6.07 Å². The zero-order valence-corrected chi connectivity index (χ0v) is 18.2. The third-order valence-electron chi connectivity index (χ3n) is 5.87. The smallest absolute Gasteiger partial charge is 0.241 e. The van der Waals surface area contributed by atoms with Crippen molar-refractivity contribution in [1.29, 1.82) is 0 Å². The highest BCUT2D eigenvalue weighted by Gasteiger charge is 2.27. The molecule has 1 aliphatic heterocycles. The van der Waals surface area contributed by atoms with Gasteiger partial charge in [-0.15, -0.1) is 0 Å². The van der Waals surface area contributed by atoms with E-state index in [9.17, 15) is 17.2 Å². The Bertz CT molecular complexity index is 988. The Morgan fingerprint density at radius 2 is 1.55 bits per heavy atom. The van der Waals surface area contributed by atoms with Crippen molar-refractivity contribution < 1.29 is 17.2 Å². The lowest BCUT2D eigenvalue weighted by atomic mass is 10.0. The van der Waals surface area contributed by atoms with Gasteiger partial charge in [-0.1, -0.05) is 12.1 Å². The van der Waals surface area contributed by atoms with Crippen molar-refractivity contribution in [1.82, 2.24) is 9.62 Å². The fourth-order valence-corrected chi connectivity index (χ4v) is 5.89. The van der Waals surface area contributed by atoms with Crippen molar-refractivity contribution >= 4 is 10.0 Å². The predicted molar refractivity (Wildman–Crippen MR) is 110 cm³/mol. The van der Waals surface area contributed by atoms with E-state index in [0.29, 0.717) is 42.9 Å². The topological polar surface area (TPSA) is 49.4 Å². The van der Waals surface area contributed by atoms with Crippen molar-refractivity contribution in [3.8, 4) is 0 Å². The first-order valence-electron chi connectivity index (χ1n) is 9.84. The lowest BCUT2D eigenvalue weighted by Crippen LogP contribution is -2.44. The minimum Gasteiger partial charge on any atom is -0.299 e. The van der Waals surface area contributed by atoms with Crippen LogP contribution in [0, 0.1) is 39.3 Å². The molecule has 1 heterocycles. The van der Waals surface area contributed by atoms with E-state index in [4.69, 9.17) is 0 Å². The maximum atomic E-state index is 13.4. The lowest BCUT2D eigenvalue weighted by Gasteiger charge is -2.32. The first-order valence-corrected chi connectivity index (χ1v) is 11.3. The average Bonchev–Trinajstić information content (AvgIpc) is 2.64. The number of halogens is 2. The molecule has 2 aromatic rings. The number of aryl methyl sites for hydroxylation is 2. The van der Waals surface area contributed by atoms with Gasteiger partial charge in [0.15, 0.2) is 11.6 Å². The number of likely N-dealkylation sites (tertiary alicyclic amines) is 1. The van der Waals surface area contributed by atoms with E-state index in [2.05, 4.69) is 9.62 Å². The number of nitrogens with zero attached hydrogens (tertiary/aromatic N) is 1. The Hall–Kier alpha value is -1.83. The summed E-state index contributed by atoms with van der Waals surface area (Å²) in [7, 11) is -3.61. The maximum absolute atomic E-state index is 13.4. The van der Waals surface area contributed by atoms with Crippen LogP contribution >= 0.6 is 0 Å². The molecular weight excluding hydrogens is 394 g/mol. The molecule has 29 heavy (non-hydrogen) atoms. The van der Waals surface area contributed by atoms with E-state index in [0.717, 1.165) is 28.3 Å². The van der Waals surface area contributed by atoms with Crippen LogP contribution < -0.4 is 4.72 Å². The largest absolute Gasteiger partial charge is 0.299 e. The minimum atomic E-state index is -3.61. The van der Waals surface area contributed by atoms with Gasteiger partial charge < -0.3 is 0 Å². The standard InChI is InChI=1S/C22H28F2N2O2S/c1-14-11-15(2)17(4)22(16(14)3)29(27,28)25-19-7-9-26(10-8-19)13-18-5-6-20(23)21(24)12-18/h5-6,11-12,19,25H,7-10,13H2,1-4H3. The second kappa shape index (κ2) is 8.50. The maximum Gasteiger partial charge on any atom is 0.241 e. The molecule has 1 aliphatic rings. The summed E-state index contributed by atoms with van der Waals surface area (Å²) < 4.78 is 55.5. The van der Waals surface area contributed by atoms with Gasteiger partial charge >= 0.3 is 0 Å². The van der Waals surface area contributed by atoms with Crippen molar-refractivity contribution in [2.75, 3.05) is 13.1 Å². The average molecular weight is 423 g/mol. The van der Waals surface area contributed by atoms with Gasteiger partial charge in [-0.05, 0) is 80.5 Å². The van der Waals surface area contributed by atoms with Gasteiger partial charge in [0.1, 0.15) is 0 Å².